The van der Waals surface area contributed by atoms with Crippen molar-refractivity contribution < 1.29 is 4.42 Å². The van der Waals surface area contributed by atoms with Gasteiger partial charge in [-0.25, -0.2) is 9.79 Å². The van der Waals surface area contributed by atoms with E-state index in [1.54, 1.807) is 6.21 Å². The molecule has 0 saturated heterocycles. The van der Waals surface area contributed by atoms with Crippen molar-refractivity contribution in [3.05, 3.63) is 88.3 Å². The van der Waals surface area contributed by atoms with Crippen LogP contribution in [-0.2, 0) is 6.42 Å². The van der Waals surface area contributed by atoms with Crippen molar-refractivity contribution in [2.75, 3.05) is 0 Å². The number of nitrogens with zero attached hydrogens (tertiary/aromatic N) is 1. The first-order valence-electron chi connectivity index (χ1n) is 9.09. The van der Waals surface area contributed by atoms with Crippen LogP contribution in [0.1, 0.15) is 37.3 Å². The van der Waals surface area contributed by atoms with E-state index < -0.39 is 0 Å². The summed E-state index contributed by atoms with van der Waals surface area (Å²) in [6.07, 6.45) is 5.83. The molecule has 0 aliphatic heterocycles. The molecule has 2 aromatic carbocycles. The third kappa shape index (κ3) is 4.57. The van der Waals surface area contributed by atoms with E-state index in [0.29, 0.717) is 11.4 Å². The van der Waals surface area contributed by atoms with E-state index in [-0.39, 0.29) is 5.63 Å². The van der Waals surface area contributed by atoms with Gasteiger partial charge in [-0.2, -0.15) is 0 Å². The predicted octanol–water partition coefficient (Wildman–Crippen LogP) is 5.79. The molecule has 132 valence electrons. The molecule has 0 aliphatic rings. The molecular formula is C23H23NO2. The third-order valence-corrected chi connectivity index (χ3v) is 4.26. The Labute approximate surface area is 154 Å². The highest BCUT2D eigenvalue weighted by molar-refractivity contribution is 5.82. The minimum atomic E-state index is -0.384. The van der Waals surface area contributed by atoms with Crippen LogP contribution in [0.15, 0.2) is 80.9 Å². The minimum absolute atomic E-state index is 0.384. The Kier molecular flexibility index (Phi) is 6.15. The maximum Gasteiger partial charge on any atom is 0.362 e. The summed E-state index contributed by atoms with van der Waals surface area (Å²) < 4.78 is 5.56. The molecule has 0 N–H and O–H groups in total. The first-order chi connectivity index (χ1) is 12.8. The Morgan fingerprint density at radius 1 is 0.962 bits per heavy atom. The lowest BCUT2D eigenvalue weighted by atomic mass is 10.0. The van der Waals surface area contributed by atoms with E-state index in [1.807, 2.05) is 66.7 Å². The summed E-state index contributed by atoms with van der Waals surface area (Å²) in [7, 11) is 0. The molecule has 0 aliphatic carbocycles. The molecule has 3 nitrogen and oxygen atoms in total. The normalized spacial score (nSPS) is 11.1. The SMILES string of the molecule is CCCCCc1cc(-c2ccccc2)oc(=O)c1N=Cc1ccccc1. The molecule has 1 aromatic heterocycles. The highest BCUT2D eigenvalue weighted by Crippen LogP contribution is 2.25. The van der Waals surface area contributed by atoms with Gasteiger partial charge in [-0.1, -0.05) is 80.4 Å². The maximum absolute atomic E-state index is 12.6. The molecule has 0 spiro atoms. The lowest BCUT2D eigenvalue weighted by Crippen LogP contribution is -2.04. The molecule has 0 unspecified atom stereocenters. The zero-order valence-electron chi connectivity index (χ0n) is 15.0. The van der Waals surface area contributed by atoms with Crippen molar-refractivity contribution in [3.8, 4) is 11.3 Å². The summed E-state index contributed by atoms with van der Waals surface area (Å²) in [5.74, 6) is 0.598. The van der Waals surface area contributed by atoms with E-state index >= 15 is 0 Å². The van der Waals surface area contributed by atoms with E-state index in [1.165, 1.54) is 0 Å². The second-order valence-corrected chi connectivity index (χ2v) is 6.26. The van der Waals surface area contributed by atoms with Gasteiger partial charge >= 0.3 is 5.63 Å². The average Bonchev–Trinajstić information content (AvgIpc) is 2.69. The smallest absolute Gasteiger partial charge is 0.362 e. The third-order valence-electron chi connectivity index (χ3n) is 4.26. The van der Waals surface area contributed by atoms with Crippen molar-refractivity contribution in [2.45, 2.75) is 32.6 Å². The van der Waals surface area contributed by atoms with Crippen LogP contribution >= 0.6 is 0 Å². The largest absolute Gasteiger partial charge is 0.421 e. The van der Waals surface area contributed by atoms with Crippen LogP contribution in [0.2, 0.25) is 0 Å². The quantitative estimate of drug-likeness (QED) is 0.402. The van der Waals surface area contributed by atoms with Gasteiger partial charge in [0.15, 0.2) is 5.69 Å². The monoisotopic (exact) mass is 345 g/mol. The van der Waals surface area contributed by atoms with Gasteiger partial charge in [-0.15, -0.1) is 0 Å². The van der Waals surface area contributed by atoms with E-state index in [0.717, 1.165) is 42.4 Å². The van der Waals surface area contributed by atoms with Crippen LogP contribution in [0.3, 0.4) is 0 Å². The summed E-state index contributed by atoms with van der Waals surface area (Å²) in [4.78, 5) is 17.1. The maximum atomic E-state index is 12.6. The van der Waals surface area contributed by atoms with Gasteiger partial charge in [0.05, 0.1) is 0 Å². The number of hydrogen-bond acceptors (Lipinski definition) is 3. The molecule has 0 atom stereocenters. The van der Waals surface area contributed by atoms with Crippen molar-refractivity contribution >= 4 is 11.9 Å². The predicted molar refractivity (Wildman–Crippen MR) is 107 cm³/mol. The van der Waals surface area contributed by atoms with Crippen molar-refractivity contribution in [1.82, 2.24) is 0 Å². The summed E-state index contributed by atoms with van der Waals surface area (Å²) in [6, 6.07) is 21.4. The van der Waals surface area contributed by atoms with Gasteiger partial charge in [0.1, 0.15) is 5.76 Å². The Hall–Kier alpha value is -2.94. The highest BCUT2D eigenvalue weighted by Gasteiger charge is 2.12. The second kappa shape index (κ2) is 8.95. The molecule has 3 aromatic rings. The van der Waals surface area contributed by atoms with E-state index in [4.69, 9.17) is 4.42 Å². The summed E-state index contributed by atoms with van der Waals surface area (Å²) in [5, 5.41) is 0. The summed E-state index contributed by atoms with van der Waals surface area (Å²) >= 11 is 0. The first-order valence-corrected chi connectivity index (χ1v) is 9.09. The Balaban J connectivity index is 1.99. The minimum Gasteiger partial charge on any atom is -0.421 e. The van der Waals surface area contributed by atoms with Gasteiger partial charge < -0.3 is 4.42 Å². The van der Waals surface area contributed by atoms with Crippen molar-refractivity contribution in [3.63, 3.8) is 0 Å². The van der Waals surface area contributed by atoms with Gasteiger partial charge in [-0.05, 0) is 30.0 Å². The van der Waals surface area contributed by atoms with Crippen LogP contribution in [0.5, 0.6) is 0 Å². The molecule has 0 bridgehead atoms. The number of benzene rings is 2. The van der Waals surface area contributed by atoms with Crippen molar-refractivity contribution in [1.29, 1.82) is 0 Å². The van der Waals surface area contributed by atoms with Crippen LogP contribution in [-0.4, -0.2) is 6.21 Å². The molecule has 26 heavy (non-hydrogen) atoms. The van der Waals surface area contributed by atoms with Gasteiger partial charge in [-0.3, -0.25) is 0 Å². The zero-order chi connectivity index (χ0) is 18.2. The summed E-state index contributed by atoms with van der Waals surface area (Å²) in [5.41, 5.74) is 2.83. The highest BCUT2D eigenvalue weighted by atomic mass is 16.4. The Bertz CT molecular complexity index is 912. The Morgan fingerprint density at radius 2 is 1.65 bits per heavy atom. The van der Waals surface area contributed by atoms with Crippen LogP contribution in [0.4, 0.5) is 5.69 Å². The first kappa shape index (κ1) is 17.9. The lowest BCUT2D eigenvalue weighted by Gasteiger charge is -2.07. The molecule has 0 radical (unpaired) electrons. The fraction of sp³-hybridized carbons (Fsp3) is 0.217. The molecule has 0 saturated carbocycles. The molecule has 3 rings (SSSR count). The summed E-state index contributed by atoms with van der Waals surface area (Å²) in [6.45, 7) is 2.17. The standard InChI is InChI=1S/C23H23NO2/c1-2-3-6-15-20-16-21(19-13-9-5-10-14-19)26-23(25)22(20)24-17-18-11-7-4-8-12-18/h4-5,7-14,16-17H,2-3,6,15H2,1H3. The average molecular weight is 345 g/mol. The Morgan fingerprint density at radius 3 is 2.35 bits per heavy atom. The fourth-order valence-electron chi connectivity index (χ4n) is 2.85. The number of hydrogen-bond donors (Lipinski definition) is 0. The van der Waals surface area contributed by atoms with Gasteiger partial charge in [0, 0.05) is 11.8 Å². The number of unbranched alkanes of at least 4 members (excludes halogenated alkanes) is 2. The topological polar surface area (TPSA) is 42.6 Å². The van der Waals surface area contributed by atoms with E-state index in [2.05, 4.69) is 11.9 Å². The molecular weight excluding hydrogens is 322 g/mol. The van der Waals surface area contributed by atoms with E-state index in [9.17, 15) is 4.79 Å². The van der Waals surface area contributed by atoms with Gasteiger partial charge in [0.2, 0.25) is 0 Å². The molecule has 0 amide bonds. The van der Waals surface area contributed by atoms with Crippen LogP contribution in [0, 0.1) is 0 Å². The molecule has 0 fully saturated rings. The zero-order valence-corrected chi connectivity index (χ0v) is 15.0. The number of rotatable bonds is 7. The van der Waals surface area contributed by atoms with Crippen LogP contribution in [0.25, 0.3) is 11.3 Å². The molecule has 3 heteroatoms. The lowest BCUT2D eigenvalue weighted by molar-refractivity contribution is 0.524. The fourth-order valence-corrected chi connectivity index (χ4v) is 2.85. The number of aliphatic imine (C=N–C) groups is 1. The second-order valence-electron chi connectivity index (χ2n) is 6.26. The van der Waals surface area contributed by atoms with Crippen molar-refractivity contribution in [2.24, 2.45) is 4.99 Å². The molecule has 1 heterocycles. The number of aryl methyl sites for hydroxylation is 1. The van der Waals surface area contributed by atoms with Crippen LogP contribution < -0.4 is 5.63 Å². The van der Waals surface area contributed by atoms with Gasteiger partial charge in [0.25, 0.3) is 0 Å².